The highest BCUT2D eigenvalue weighted by molar-refractivity contribution is 7.25. The standard InChI is InChI=1S/C41H25N5S/c1-3-12-26(13-4-1)39-44-40(27-14-5-2-6-15-27)46-41(45-39)30-18-11-17-28(22-30)32-23-29-16-7-9-20-34(29)43-38(32)35-24-33-31-19-8-10-21-36(31)47-37(33)25-42-35/h1-25H. The van der Waals surface area contributed by atoms with E-state index in [4.69, 9.17) is 24.9 Å². The molecule has 0 fully saturated rings. The van der Waals surface area contributed by atoms with E-state index in [2.05, 4.69) is 72.8 Å². The Morgan fingerprint density at radius 2 is 1.04 bits per heavy atom. The van der Waals surface area contributed by atoms with E-state index in [1.807, 2.05) is 79.0 Å². The van der Waals surface area contributed by atoms with Gasteiger partial charge in [0.25, 0.3) is 0 Å². The van der Waals surface area contributed by atoms with Gasteiger partial charge in [-0.2, -0.15) is 0 Å². The summed E-state index contributed by atoms with van der Waals surface area (Å²) in [6.45, 7) is 0. The summed E-state index contributed by atoms with van der Waals surface area (Å²) in [5.41, 5.74) is 7.38. The van der Waals surface area contributed by atoms with Crippen LogP contribution < -0.4 is 0 Å². The minimum absolute atomic E-state index is 0.610. The summed E-state index contributed by atoms with van der Waals surface area (Å²) in [6, 6.07) is 49.6. The Balaban J connectivity index is 1.23. The van der Waals surface area contributed by atoms with E-state index in [1.54, 1.807) is 11.3 Å². The van der Waals surface area contributed by atoms with Crippen molar-refractivity contribution >= 4 is 42.4 Å². The fraction of sp³-hybridized carbons (Fsp3) is 0. The zero-order valence-electron chi connectivity index (χ0n) is 25.1. The molecule has 0 radical (unpaired) electrons. The molecule has 9 rings (SSSR count). The smallest absolute Gasteiger partial charge is 0.164 e. The summed E-state index contributed by atoms with van der Waals surface area (Å²) in [6.07, 6.45) is 1.98. The van der Waals surface area contributed by atoms with Gasteiger partial charge in [0.2, 0.25) is 0 Å². The van der Waals surface area contributed by atoms with Gasteiger partial charge in [0.15, 0.2) is 17.5 Å². The second-order valence-corrected chi connectivity index (χ2v) is 12.4. The van der Waals surface area contributed by atoms with Crippen molar-refractivity contribution in [1.29, 1.82) is 0 Å². The molecular formula is C41H25N5S. The lowest BCUT2D eigenvalue weighted by Crippen LogP contribution is -2.00. The Morgan fingerprint density at radius 1 is 0.426 bits per heavy atom. The lowest BCUT2D eigenvalue weighted by molar-refractivity contribution is 1.07. The summed E-state index contributed by atoms with van der Waals surface area (Å²) in [4.78, 5) is 25.0. The molecule has 4 heterocycles. The minimum Gasteiger partial charge on any atom is -0.253 e. The minimum atomic E-state index is 0.610. The molecule has 5 nitrogen and oxygen atoms in total. The normalized spacial score (nSPS) is 11.4. The second kappa shape index (κ2) is 11.4. The molecule has 0 N–H and O–H groups in total. The van der Waals surface area contributed by atoms with Crippen LogP contribution >= 0.6 is 11.3 Å². The molecule has 6 heteroatoms. The Bertz CT molecular complexity index is 2520. The molecule has 0 unspecified atom stereocenters. The SMILES string of the molecule is c1ccc(-c2nc(-c3ccccc3)nc(-c3cccc(-c4cc5ccccc5nc4-c4cc5c(cn4)sc4ccccc45)c3)n2)cc1. The van der Waals surface area contributed by atoms with Crippen molar-refractivity contribution in [3.05, 3.63) is 152 Å². The van der Waals surface area contributed by atoms with Gasteiger partial charge in [0.1, 0.15) is 0 Å². The van der Waals surface area contributed by atoms with E-state index in [-0.39, 0.29) is 0 Å². The summed E-state index contributed by atoms with van der Waals surface area (Å²) in [5, 5.41) is 3.49. The largest absolute Gasteiger partial charge is 0.253 e. The lowest BCUT2D eigenvalue weighted by atomic mass is 9.97. The van der Waals surface area contributed by atoms with E-state index < -0.39 is 0 Å². The van der Waals surface area contributed by atoms with E-state index in [9.17, 15) is 0 Å². The molecule has 0 amide bonds. The Morgan fingerprint density at radius 3 is 1.81 bits per heavy atom. The first-order valence-electron chi connectivity index (χ1n) is 15.4. The second-order valence-electron chi connectivity index (χ2n) is 11.4. The highest BCUT2D eigenvalue weighted by Crippen LogP contribution is 2.39. The van der Waals surface area contributed by atoms with E-state index in [0.29, 0.717) is 17.5 Å². The number of hydrogen-bond donors (Lipinski definition) is 0. The first kappa shape index (κ1) is 27.2. The monoisotopic (exact) mass is 619 g/mol. The topological polar surface area (TPSA) is 64.5 Å². The Kier molecular flexibility index (Phi) is 6.58. The molecule has 4 aromatic heterocycles. The maximum atomic E-state index is 5.20. The molecule has 0 spiro atoms. The van der Waals surface area contributed by atoms with Crippen LogP contribution in [0.15, 0.2) is 152 Å². The molecular weight excluding hydrogens is 595 g/mol. The first-order valence-corrected chi connectivity index (χ1v) is 16.2. The third-order valence-electron chi connectivity index (χ3n) is 8.36. The van der Waals surface area contributed by atoms with Gasteiger partial charge >= 0.3 is 0 Å². The van der Waals surface area contributed by atoms with Crippen molar-refractivity contribution in [2.24, 2.45) is 0 Å². The Hall–Kier alpha value is -6.11. The van der Waals surface area contributed by atoms with Crippen molar-refractivity contribution in [2.45, 2.75) is 0 Å². The van der Waals surface area contributed by atoms with E-state index in [1.165, 1.54) is 15.5 Å². The predicted molar refractivity (Wildman–Crippen MR) is 193 cm³/mol. The maximum absolute atomic E-state index is 5.20. The van der Waals surface area contributed by atoms with Crippen molar-refractivity contribution in [3.8, 4) is 56.7 Å². The van der Waals surface area contributed by atoms with Gasteiger partial charge < -0.3 is 0 Å². The van der Waals surface area contributed by atoms with Crippen LogP contribution in [0, 0.1) is 0 Å². The molecule has 9 aromatic rings. The van der Waals surface area contributed by atoms with Crippen LogP contribution in [0.5, 0.6) is 0 Å². The molecule has 0 atom stereocenters. The molecule has 0 aliphatic heterocycles. The molecule has 220 valence electrons. The quantitative estimate of drug-likeness (QED) is 0.192. The summed E-state index contributed by atoms with van der Waals surface area (Å²) >= 11 is 1.77. The Labute approximate surface area is 275 Å². The fourth-order valence-corrected chi connectivity index (χ4v) is 7.11. The first-order chi connectivity index (χ1) is 23.3. The van der Waals surface area contributed by atoms with Gasteiger partial charge in [0, 0.05) is 49.3 Å². The third-order valence-corrected chi connectivity index (χ3v) is 9.48. The molecule has 47 heavy (non-hydrogen) atoms. The molecule has 0 bridgehead atoms. The van der Waals surface area contributed by atoms with Gasteiger partial charge in [0.05, 0.1) is 21.6 Å². The molecule has 5 aromatic carbocycles. The number of nitrogens with zero attached hydrogens (tertiary/aromatic N) is 5. The number of pyridine rings is 2. The predicted octanol–water partition coefficient (Wildman–Crippen LogP) is 10.5. The van der Waals surface area contributed by atoms with Crippen molar-refractivity contribution in [1.82, 2.24) is 24.9 Å². The fourth-order valence-electron chi connectivity index (χ4n) is 6.06. The zero-order valence-corrected chi connectivity index (χ0v) is 25.9. The van der Waals surface area contributed by atoms with Crippen LogP contribution in [0.4, 0.5) is 0 Å². The summed E-state index contributed by atoms with van der Waals surface area (Å²) in [7, 11) is 0. The molecule has 0 saturated heterocycles. The molecule has 0 aliphatic rings. The number of benzene rings is 5. The average Bonchev–Trinajstić information content (AvgIpc) is 3.53. The number of fused-ring (bicyclic) bond motifs is 4. The van der Waals surface area contributed by atoms with E-state index in [0.717, 1.165) is 54.8 Å². The van der Waals surface area contributed by atoms with Gasteiger partial charge in [-0.3, -0.25) is 4.98 Å². The number of rotatable bonds is 5. The maximum Gasteiger partial charge on any atom is 0.164 e. The van der Waals surface area contributed by atoms with Gasteiger partial charge in [-0.05, 0) is 35.9 Å². The van der Waals surface area contributed by atoms with Crippen LogP contribution in [0.1, 0.15) is 0 Å². The molecule has 0 saturated carbocycles. The van der Waals surface area contributed by atoms with Crippen LogP contribution in [0.2, 0.25) is 0 Å². The highest BCUT2D eigenvalue weighted by atomic mass is 32.1. The van der Waals surface area contributed by atoms with Gasteiger partial charge in [-0.25, -0.2) is 19.9 Å². The number of hydrogen-bond acceptors (Lipinski definition) is 6. The zero-order chi connectivity index (χ0) is 31.2. The van der Waals surface area contributed by atoms with Crippen molar-refractivity contribution in [2.75, 3.05) is 0 Å². The van der Waals surface area contributed by atoms with Gasteiger partial charge in [-0.1, -0.05) is 115 Å². The van der Waals surface area contributed by atoms with Crippen molar-refractivity contribution in [3.63, 3.8) is 0 Å². The average molecular weight is 620 g/mol. The third kappa shape index (κ3) is 5.01. The van der Waals surface area contributed by atoms with Crippen LogP contribution in [0.3, 0.4) is 0 Å². The van der Waals surface area contributed by atoms with Crippen molar-refractivity contribution < 1.29 is 0 Å². The summed E-state index contributed by atoms with van der Waals surface area (Å²) in [5.74, 6) is 1.88. The van der Waals surface area contributed by atoms with Crippen LogP contribution in [0.25, 0.3) is 87.8 Å². The van der Waals surface area contributed by atoms with Crippen LogP contribution in [-0.2, 0) is 0 Å². The van der Waals surface area contributed by atoms with Crippen LogP contribution in [-0.4, -0.2) is 24.9 Å². The van der Waals surface area contributed by atoms with Gasteiger partial charge in [-0.15, -0.1) is 11.3 Å². The number of para-hydroxylation sites is 1. The summed E-state index contributed by atoms with van der Waals surface area (Å²) < 4.78 is 2.42. The highest BCUT2D eigenvalue weighted by Gasteiger charge is 2.17. The lowest BCUT2D eigenvalue weighted by Gasteiger charge is -2.13. The molecule has 0 aliphatic carbocycles. The number of aromatic nitrogens is 5. The number of thiophene rings is 1. The van der Waals surface area contributed by atoms with E-state index >= 15 is 0 Å².